The molecule has 13 heteroatoms. The van der Waals surface area contributed by atoms with E-state index in [-0.39, 0.29) is 20.8 Å². The van der Waals surface area contributed by atoms with Gasteiger partial charge in [-0.05, 0) is 31.9 Å². The zero-order chi connectivity index (χ0) is 25.7. The maximum absolute atomic E-state index is 12.7. The van der Waals surface area contributed by atoms with Crippen LogP contribution in [0.1, 0.15) is 25.3 Å². The van der Waals surface area contributed by atoms with Crippen molar-refractivity contribution in [1.29, 1.82) is 0 Å². The number of benzene rings is 1. The van der Waals surface area contributed by atoms with Crippen LogP contribution in [0.5, 0.6) is 0 Å². The van der Waals surface area contributed by atoms with E-state index in [0.717, 1.165) is 19.2 Å². The summed E-state index contributed by atoms with van der Waals surface area (Å²) >= 11 is 0. The summed E-state index contributed by atoms with van der Waals surface area (Å²) in [5.74, 6) is 0. The molecule has 1 saturated heterocycles. The van der Waals surface area contributed by atoms with Crippen LogP contribution in [0, 0.1) is 10.1 Å². The first-order valence-corrected chi connectivity index (χ1v) is 12.3. The molecule has 0 aromatic heterocycles. The number of nitro groups is 1. The Bertz CT molecular complexity index is 859. The Balaban J connectivity index is 2.37. The molecule has 1 atom stereocenters. The van der Waals surface area contributed by atoms with Crippen molar-refractivity contribution in [2.45, 2.75) is 25.2 Å². The fourth-order valence-corrected chi connectivity index (χ4v) is 4.76. The lowest BCUT2D eigenvalue weighted by Gasteiger charge is -2.40. The summed E-state index contributed by atoms with van der Waals surface area (Å²) in [4.78, 5) is 51.8. The van der Waals surface area contributed by atoms with E-state index in [0.29, 0.717) is 70.8 Å². The first kappa shape index (κ1) is 28.3. The maximum Gasteiger partial charge on any atom is 0.269 e. The summed E-state index contributed by atoms with van der Waals surface area (Å²) < 4.78 is 18.7. The van der Waals surface area contributed by atoms with Gasteiger partial charge >= 0.3 is 0 Å². The highest BCUT2D eigenvalue weighted by Gasteiger charge is 2.41. The molecule has 1 unspecified atom stereocenters. The minimum atomic E-state index is -1.42. The highest BCUT2D eigenvalue weighted by atomic mass is 31.1. The van der Waals surface area contributed by atoms with Gasteiger partial charge in [0.1, 0.15) is 0 Å². The minimum Gasteiger partial charge on any atom is -0.346 e. The van der Waals surface area contributed by atoms with Crippen LogP contribution in [0.25, 0.3) is 0 Å². The molecule has 192 valence electrons. The molecule has 0 spiro atoms. The van der Waals surface area contributed by atoms with Crippen LogP contribution < -0.4 is 0 Å². The smallest absolute Gasteiger partial charge is 0.269 e. The van der Waals surface area contributed by atoms with Gasteiger partial charge in [0.2, 0.25) is 33.2 Å². The Labute approximate surface area is 206 Å². The van der Waals surface area contributed by atoms with Crippen molar-refractivity contribution in [3.8, 4) is 0 Å². The van der Waals surface area contributed by atoms with Crippen LogP contribution in [-0.2, 0) is 29.2 Å². The first-order valence-electron chi connectivity index (χ1n) is 11.5. The van der Waals surface area contributed by atoms with E-state index in [2.05, 4.69) is 0 Å². The van der Waals surface area contributed by atoms with E-state index in [9.17, 15) is 29.1 Å². The Kier molecular flexibility index (Phi) is 11.7. The summed E-state index contributed by atoms with van der Waals surface area (Å²) in [6.45, 7) is 5.03. The van der Waals surface area contributed by atoms with Crippen molar-refractivity contribution < 1.29 is 28.6 Å². The Morgan fingerprint density at radius 3 is 1.80 bits per heavy atom. The third-order valence-corrected chi connectivity index (χ3v) is 6.81. The molecule has 1 aliphatic heterocycles. The van der Waals surface area contributed by atoms with Crippen molar-refractivity contribution in [2.24, 2.45) is 0 Å². The Hall–Kier alpha value is -2.95. The summed E-state index contributed by atoms with van der Waals surface area (Å²) in [6.07, 6.45) is 3.31. The number of hydrogen-bond donors (Lipinski definition) is 0. The molecule has 0 aliphatic carbocycles. The predicted molar refractivity (Wildman–Crippen MR) is 128 cm³/mol. The number of hydrogen-bond acceptors (Lipinski definition) is 8. The molecule has 1 aromatic carbocycles. The number of rotatable bonds is 9. The molecule has 0 bridgehead atoms. The number of nitro benzene ring substituents is 1. The van der Waals surface area contributed by atoms with Gasteiger partial charge in [0.25, 0.3) is 5.69 Å². The molecule has 0 N–H and O–H groups in total. The number of non-ortho nitro benzene ring substituents is 1. The predicted octanol–water partition coefficient (Wildman–Crippen LogP) is 1.50. The summed E-state index contributed by atoms with van der Waals surface area (Å²) in [6, 6.07) is 5.71. The van der Waals surface area contributed by atoms with Crippen molar-refractivity contribution in [1.82, 2.24) is 19.6 Å². The normalized spacial score (nSPS) is 18.9. The van der Waals surface area contributed by atoms with Gasteiger partial charge in [0, 0.05) is 76.7 Å². The van der Waals surface area contributed by atoms with Gasteiger partial charge < -0.3 is 19.4 Å². The van der Waals surface area contributed by atoms with Gasteiger partial charge in [-0.3, -0.25) is 34.0 Å². The summed E-state index contributed by atoms with van der Waals surface area (Å²) in [5, 5.41) is 11.1. The fourth-order valence-electron chi connectivity index (χ4n) is 4.01. The molecular formula is C22H32N5O7P. The largest absolute Gasteiger partial charge is 0.346 e. The van der Waals surface area contributed by atoms with Gasteiger partial charge in [-0.15, -0.1) is 0 Å². The van der Waals surface area contributed by atoms with E-state index < -0.39 is 10.4 Å². The average molecular weight is 510 g/mol. The third kappa shape index (κ3) is 7.78. The lowest BCUT2D eigenvalue weighted by atomic mass is 10.1. The van der Waals surface area contributed by atoms with Crippen molar-refractivity contribution in [3.63, 3.8) is 0 Å². The molecule has 0 saturated carbocycles. The molecule has 2 rings (SSSR count). The van der Waals surface area contributed by atoms with Crippen LogP contribution in [-0.4, -0.2) is 103 Å². The number of carbonyl (C=O) groups excluding carboxylic acids is 3. The Morgan fingerprint density at radius 1 is 0.886 bits per heavy atom. The van der Waals surface area contributed by atoms with Crippen LogP contribution in [0.3, 0.4) is 0 Å². The Morgan fingerprint density at radius 2 is 1.37 bits per heavy atom. The highest BCUT2D eigenvalue weighted by Crippen LogP contribution is 2.41. The first-order chi connectivity index (χ1) is 16.9. The monoisotopic (exact) mass is 509 g/mol. The van der Waals surface area contributed by atoms with Crippen molar-refractivity contribution in [3.05, 3.63) is 39.9 Å². The zero-order valence-electron chi connectivity index (χ0n) is 19.9. The minimum absolute atomic E-state index is 0.0964. The SMILES string of the molecule is CCOC(P=O)(c1ccc([N+](=O)[O-])cc1)N1CCCN(C=O)CCN(C=O)CCCN(C=O)CC1. The standard InChI is InChI=1S/C22H32N5O7P/c1-2-34-22(35-33,20-5-7-21(8-6-20)27(31)32)26-12-4-11-24(18-29)14-13-23(17-28)9-3-10-25(19-30)15-16-26/h5-8,17-19H,2-4,9-16H2,1H3. The van der Waals surface area contributed by atoms with Gasteiger partial charge in [-0.1, -0.05) is 0 Å². The van der Waals surface area contributed by atoms with E-state index in [1.54, 1.807) is 21.6 Å². The lowest BCUT2D eigenvalue weighted by Crippen LogP contribution is -2.49. The lowest BCUT2D eigenvalue weighted by molar-refractivity contribution is -0.384. The fraction of sp³-hybridized carbons (Fsp3) is 0.591. The molecule has 1 fully saturated rings. The van der Waals surface area contributed by atoms with E-state index in [4.69, 9.17) is 4.74 Å². The second kappa shape index (κ2) is 14.4. The number of nitrogens with zero attached hydrogens (tertiary/aromatic N) is 5. The van der Waals surface area contributed by atoms with E-state index in [1.165, 1.54) is 24.3 Å². The van der Waals surface area contributed by atoms with Crippen LogP contribution in [0.4, 0.5) is 5.69 Å². The quantitative estimate of drug-likeness (QED) is 0.212. The summed E-state index contributed by atoms with van der Waals surface area (Å²) in [7, 11) is -0.365. The topological polar surface area (TPSA) is 134 Å². The van der Waals surface area contributed by atoms with E-state index in [1.807, 2.05) is 4.90 Å². The molecule has 35 heavy (non-hydrogen) atoms. The van der Waals surface area contributed by atoms with Gasteiger partial charge in [-0.25, -0.2) is 0 Å². The van der Waals surface area contributed by atoms with Crippen LogP contribution >= 0.6 is 8.46 Å². The second-order valence-corrected chi connectivity index (χ2v) is 8.84. The van der Waals surface area contributed by atoms with Gasteiger partial charge in [-0.2, -0.15) is 0 Å². The van der Waals surface area contributed by atoms with Crippen LogP contribution in [0.15, 0.2) is 24.3 Å². The summed E-state index contributed by atoms with van der Waals surface area (Å²) in [5.41, 5.74) is -1.04. The molecule has 0 radical (unpaired) electrons. The van der Waals surface area contributed by atoms with E-state index >= 15 is 0 Å². The zero-order valence-corrected chi connectivity index (χ0v) is 20.8. The number of amides is 3. The molecule has 1 aromatic rings. The van der Waals surface area contributed by atoms with Gasteiger partial charge in [0.15, 0.2) is 0 Å². The number of carbonyl (C=O) groups is 3. The maximum atomic E-state index is 12.7. The third-order valence-electron chi connectivity index (χ3n) is 5.89. The highest BCUT2D eigenvalue weighted by molar-refractivity contribution is 7.25. The molecule has 12 nitrogen and oxygen atoms in total. The van der Waals surface area contributed by atoms with Crippen molar-refractivity contribution >= 4 is 33.4 Å². The molecule has 1 aliphatic rings. The molecule has 3 amide bonds. The average Bonchev–Trinajstić information content (AvgIpc) is 2.88. The molecular weight excluding hydrogens is 477 g/mol. The second-order valence-electron chi connectivity index (χ2n) is 8.05. The van der Waals surface area contributed by atoms with Crippen LogP contribution in [0.2, 0.25) is 0 Å². The van der Waals surface area contributed by atoms with Crippen molar-refractivity contribution in [2.75, 3.05) is 59.0 Å². The molecule has 1 heterocycles. The van der Waals surface area contributed by atoms with Gasteiger partial charge in [0.05, 0.1) is 4.92 Å². The number of ether oxygens (including phenoxy) is 1.